The quantitative estimate of drug-likeness (QED) is 0.693. The summed E-state index contributed by atoms with van der Waals surface area (Å²) >= 11 is 0. The van der Waals surface area contributed by atoms with Crippen LogP contribution in [0.1, 0.15) is 34.1 Å². The molecule has 2 N–H and O–H groups in total. The lowest BCUT2D eigenvalue weighted by molar-refractivity contribution is -0.142. The lowest BCUT2D eigenvalue weighted by Crippen LogP contribution is -2.42. The molecule has 0 saturated heterocycles. The van der Waals surface area contributed by atoms with E-state index in [0.717, 1.165) is 0 Å². The summed E-state index contributed by atoms with van der Waals surface area (Å²) in [6, 6.07) is -0.780. The number of carboxylic acids is 1. The van der Waals surface area contributed by atoms with Gasteiger partial charge in [0.2, 0.25) is 5.91 Å². The molecule has 0 rings (SSSR count). The molecule has 0 aromatic rings. The van der Waals surface area contributed by atoms with Crippen molar-refractivity contribution in [1.29, 1.82) is 0 Å². The number of carbonyl (C=O) groups excluding carboxylic acids is 1. The van der Waals surface area contributed by atoms with Gasteiger partial charge < -0.3 is 10.4 Å². The molecule has 0 aliphatic heterocycles. The highest BCUT2D eigenvalue weighted by Crippen LogP contribution is 2.20. The van der Waals surface area contributed by atoms with Crippen molar-refractivity contribution in [2.24, 2.45) is 5.41 Å². The van der Waals surface area contributed by atoms with Crippen LogP contribution in [0.25, 0.3) is 0 Å². The second-order valence-electron chi connectivity index (χ2n) is 4.36. The first-order valence-corrected chi connectivity index (χ1v) is 4.22. The molecular weight excluding hydrogens is 170 g/mol. The first-order chi connectivity index (χ1) is 5.72. The average Bonchev–Trinajstić information content (AvgIpc) is 1.81. The molecule has 0 aliphatic rings. The Labute approximate surface area is 78.3 Å². The Morgan fingerprint density at radius 1 is 1.38 bits per heavy atom. The summed E-state index contributed by atoms with van der Waals surface area (Å²) < 4.78 is 0. The van der Waals surface area contributed by atoms with E-state index in [9.17, 15) is 9.59 Å². The lowest BCUT2D eigenvalue weighted by Gasteiger charge is -2.23. The molecule has 0 unspecified atom stereocenters. The minimum Gasteiger partial charge on any atom is -0.480 e. The summed E-state index contributed by atoms with van der Waals surface area (Å²) in [5.74, 6) is -1.29. The zero-order valence-electron chi connectivity index (χ0n) is 8.55. The first kappa shape index (κ1) is 11.9. The van der Waals surface area contributed by atoms with Gasteiger partial charge >= 0.3 is 5.97 Å². The van der Waals surface area contributed by atoms with Gasteiger partial charge in [-0.2, -0.15) is 0 Å². The molecule has 0 heterocycles. The zero-order chi connectivity index (χ0) is 10.6. The normalized spacial score (nSPS) is 13.5. The molecule has 1 amide bonds. The molecule has 76 valence electrons. The second-order valence-corrected chi connectivity index (χ2v) is 4.36. The van der Waals surface area contributed by atoms with Gasteiger partial charge in [-0.15, -0.1) is 0 Å². The largest absolute Gasteiger partial charge is 0.480 e. The fourth-order valence-electron chi connectivity index (χ4n) is 1.06. The van der Waals surface area contributed by atoms with E-state index in [1.54, 1.807) is 0 Å². The van der Waals surface area contributed by atoms with Gasteiger partial charge in [0.15, 0.2) is 0 Å². The Kier molecular flexibility index (Phi) is 3.91. The summed E-state index contributed by atoms with van der Waals surface area (Å²) in [5.41, 5.74) is -0.106. The molecule has 1 atom stereocenters. The first-order valence-electron chi connectivity index (χ1n) is 4.22. The van der Waals surface area contributed by atoms with Crippen molar-refractivity contribution in [3.05, 3.63) is 0 Å². The molecule has 0 aromatic heterocycles. The number of nitrogens with one attached hydrogen (secondary N) is 1. The summed E-state index contributed by atoms with van der Waals surface area (Å²) in [5, 5.41) is 11.2. The number of amides is 1. The van der Waals surface area contributed by atoms with E-state index in [4.69, 9.17) is 5.11 Å². The SMILES string of the molecule is CC(=O)N[C@@H](CC(C)(C)C)C(=O)O. The van der Waals surface area contributed by atoms with Crippen molar-refractivity contribution in [3.63, 3.8) is 0 Å². The summed E-state index contributed by atoms with van der Waals surface area (Å²) in [6.45, 7) is 7.12. The number of carbonyl (C=O) groups is 2. The van der Waals surface area contributed by atoms with Crippen molar-refractivity contribution in [3.8, 4) is 0 Å². The Hall–Kier alpha value is -1.06. The zero-order valence-corrected chi connectivity index (χ0v) is 8.55. The van der Waals surface area contributed by atoms with Crippen LogP contribution in [0.4, 0.5) is 0 Å². The highest BCUT2D eigenvalue weighted by Gasteiger charge is 2.24. The van der Waals surface area contributed by atoms with Crippen molar-refractivity contribution >= 4 is 11.9 Å². The van der Waals surface area contributed by atoms with Crippen LogP contribution < -0.4 is 5.32 Å². The van der Waals surface area contributed by atoms with E-state index in [1.807, 2.05) is 20.8 Å². The number of hydrogen-bond acceptors (Lipinski definition) is 2. The third-order valence-electron chi connectivity index (χ3n) is 1.49. The molecule has 0 fully saturated rings. The number of aliphatic carboxylic acids is 1. The second kappa shape index (κ2) is 4.25. The topological polar surface area (TPSA) is 66.4 Å². The predicted octanol–water partition coefficient (Wildman–Crippen LogP) is 1.01. The van der Waals surface area contributed by atoms with Gasteiger partial charge in [-0.05, 0) is 11.8 Å². The Bertz CT molecular complexity index is 205. The smallest absolute Gasteiger partial charge is 0.326 e. The third-order valence-corrected chi connectivity index (χ3v) is 1.49. The maximum absolute atomic E-state index is 10.7. The minimum absolute atomic E-state index is 0.106. The van der Waals surface area contributed by atoms with Gasteiger partial charge in [0, 0.05) is 6.92 Å². The van der Waals surface area contributed by atoms with E-state index in [2.05, 4.69) is 5.32 Å². The van der Waals surface area contributed by atoms with Crippen molar-refractivity contribution in [2.75, 3.05) is 0 Å². The number of carboxylic acid groups (broad SMARTS) is 1. The fourth-order valence-corrected chi connectivity index (χ4v) is 1.06. The Morgan fingerprint density at radius 2 is 1.85 bits per heavy atom. The maximum Gasteiger partial charge on any atom is 0.326 e. The van der Waals surface area contributed by atoms with Gasteiger partial charge in [0.25, 0.3) is 0 Å². The molecule has 0 spiro atoms. The predicted molar refractivity (Wildman–Crippen MR) is 49.3 cm³/mol. The van der Waals surface area contributed by atoms with E-state index in [-0.39, 0.29) is 11.3 Å². The van der Waals surface area contributed by atoms with Crippen LogP contribution in [0, 0.1) is 5.41 Å². The van der Waals surface area contributed by atoms with Crippen LogP contribution in [-0.4, -0.2) is 23.0 Å². The maximum atomic E-state index is 10.7. The standard InChI is InChI=1S/C9H17NO3/c1-6(11)10-7(8(12)13)5-9(2,3)4/h7H,5H2,1-4H3,(H,10,11)(H,12,13)/t7-/m0/s1. The van der Waals surface area contributed by atoms with Crippen LogP contribution in [0.2, 0.25) is 0 Å². The van der Waals surface area contributed by atoms with E-state index >= 15 is 0 Å². The summed E-state index contributed by atoms with van der Waals surface area (Å²) in [7, 11) is 0. The molecular formula is C9H17NO3. The molecule has 4 nitrogen and oxygen atoms in total. The lowest BCUT2D eigenvalue weighted by atomic mass is 9.88. The molecule has 0 saturated carbocycles. The van der Waals surface area contributed by atoms with Gasteiger partial charge in [-0.3, -0.25) is 4.79 Å². The fraction of sp³-hybridized carbons (Fsp3) is 0.778. The van der Waals surface area contributed by atoms with E-state index < -0.39 is 12.0 Å². The van der Waals surface area contributed by atoms with Crippen LogP contribution in [0.5, 0.6) is 0 Å². The van der Waals surface area contributed by atoms with Crippen LogP contribution >= 0.6 is 0 Å². The van der Waals surface area contributed by atoms with Gasteiger partial charge in [-0.25, -0.2) is 4.79 Å². The minimum atomic E-state index is -0.981. The van der Waals surface area contributed by atoms with Crippen molar-refractivity contribution < 1.29 is 14.7 Å². The Balaban J connectivity index is 4.27. The monoisotopic (exact) mass is 187 g/mol. The van der Waals surface area contributed by atoms with Gasteiger partial charge in [0.05, 0.1) is 0 Å². The molecule has 13 heavy (non-hydrogen) atoms. The highest BCUT2D eigenvalue weighted by atomic mass is 16.4. The third kappa shape index (κ3) is 6.13. The molecule has 0 aromatic carbocycles. The molecule has 4 heteroatoms. The van der Waals surface area contributed by atoms with Crippen molar-refractivity contribution in [2.45, 2.75) is 40.2 Å². The Morgan fingerprint density at radius 3 is 2.08 bits per heavy atom. The van der Waals surface area contributed by atoms with Gasteiger partial charge in [0.1, 0.15) is 6.04 Å². The van der Waals surface area contributed by atoms with Crippen molar-refractivity contribution in [1.82, 2.24) is 5.32 Å². The average molecular weight is 187 g/mol. The molecule has 0 radical (unpaired) electrons. The molecule has 0 bridgehead atoms. The number of rotatable bonds is 3. The van der Waals surface area contributed by atoms with E-state index in [0.29, 0.717) is 6.42 Å². The van der Waals surface area contributed by atoms with Gasteiger partial charge in [-0.1, -0.05) is 20.8 Å². The van der Waals surface area contributed by atoms with Crippen LogP contribution in [0.3, 0.4) is 0 Å². The summed E-state index contributed by atoms with van der Waals surface area (Å²) in [6.07, 6.45) is 0.432. The molecule has 0 aliphatic carbocycles. The van der Waals surface area contributed by atoms with Crippen LogP contribution in [-0.2, 0) is 9.59 Å². The number of hydrogen-bond donors (Lipinski definition) is 2. The highest BCUT2D eigenvalue weighted by molar-refractivity contribution is 5.82. The summed E-state index contributed by atoms with van der Waals surface area (Å²) in [4.78, 5) is 21.4. The van der Waals surface area contributed by atoms with E-state index in [1.165, 1.54) is 6.92 Å². The van der Waals surface area contributed by atoms with Crippen LogP contribution in [0.15, 0.2) is 0 Å².